The van der Waals surface area contributed by atoms with E-state index in [1.807, 2.05) is 11.8 Å². The van der Waals surface area contributed by atoms with Crippen LogP contribution in [0.25, 0.3) is 0 Å². The van der Waals surface area contributed by atoms with Crippen molar-refractivity contribution in [3.63, 3.8) is 0 Å². The standard InChI is InChI=1S/C16H31N3O2/c1-5-7-16(11-17,8-6-2)14(21)19-10-9-15(3,12-19)13(20)18-4/h5-12,17H2,1-4H3,(H,18,20). The zero-order chi connectivity index (χ0) is 16.1. The van der Waals surface area contributed by atoms with E-state index in [1.54, 1.807) is 7.05 Å². The molecule has 5 nitrogen and oxygen atoms in total. The van der Waals surface area contributed by atoms with Crippen LogP contribution in [0, 0.1) is 10.8 Å². The van der Waals surface area contributed by atoms with Crippen LogP contribution in [0.2, 0.25) is 0 Å². The summed E-state index contributed by atoms with van der Waals surface area (Å²) < 4.78 is 0. The highest BCUT2D eigenvalue weighted by Gasteiger charge is 2.46. The molecule has 0 aromatic carbocycles. The summed E-state index contributed by atoms with van der Waals surface area (Å²) in [5.41, 5.74) is 5.06. The first-order valence-electron chi connectivity index (χ1n) is 8.10. The first kappa shape index (κ1) is 18.0. The minimum Gasteiger partial charge on any atom is -0.359 e. The van der Waals surface area contributed by atoms with Crippen molar-refractivity contribution >= 4 is 11.8 Å². The number of carbonyl (C=O) groups is 2. The lowest BCUT2D eigenvalue weighted by molar-refractivity contribution is -0.142. The Hall–Kier alpha value is -1.10. The second kappa shape index (κ2) is 7.25. The Kier molecular flexibility index (Phi) is 6.20. The Morgan fingerprint density at radius 3 is 2.29 bits per heavy atom. The van der Waals surface area contributed by atoms with E-state index in [2.05, 4.69) is 19.2 Å². The van der Waals surface area contributed by atoms with Gasteiger partial charge in [-0.05, 0) is 26.2 Å². The van der Waals surface area contributed by atoms with Crippen LogP contribution in [0.1, 0.15) is 52.9 Å². The molecule has 1 saturated heterocycles. The van der Waals surface area contributed by atoms with Gasteiger partial charge in [-0.3, -0.25) is 9.59 Å². The lowest BCUT2D eigenvalue weighted by Gasteiger charge is -2.35. The van der Waals surface area contributed by atoms with Crippen LogP contribution >= 0.6 is 0 Å². The van der Waals surface area contributed by atoms with Crippen molar-refractivity contribution in [2.45, 2.75) is 52.9 Å². The minimum absolute atomic E-state index is 0.0159. The molecule has 0 spiro atoms. The van der Waals surface area contributed by atoms with Crippen LogP contribution in [0.3, 0.4) is 0 Å². The van der Waals surface area contributed by atoms with E-state index < -0.39 is 10.8 Å². The molecule has 122 valence electrons. The second-order valence-corrected chi connectivity index (χ2v) is 6.60. The average Bonchev–Trinajstić information content (AvgIpc) is 2.89. The van der Waals surface area contributed by atoms with Crippen LogP contribution in [-0.2, 0) is 9.59 Å². The van der Waals surface area contributed by atoms with E-state index in [1.165, 1.54) is 0 Å². The Labute approximate surface area is 128 Å². The fraction of sp³-hybridized carbons (Fsp3) is 0.875. The van der Waals surface area contributed by atoms with Gasteiger partial charge in [0.25, 0.3) is 0 Å². The number of nitrogens with two attached hydrogens (primary N) is 1. The number of hydrogen-bond acceptors (Lipinski definition) is 3. The molecule has 2 amide bonds. The van der Waals surface area contributed by atoms with Crippen molar-refractivity contribution in [2.24, 2.45) is 16.6 Å². The molecule has 0 bridgehead atoms. The van der Waals surface area contributed by atoms with Gasteiger partial charge in [0, 0.05) is 26.7 Å². The van der Waals surface area contributed by atoms with Crippen molar-refractivity contribution in [1.29, 1.82) is 0 Å². The van der Waals surface area contributed by atoms with Gasteiger partial charge in [0.1, 0.15) is 0 Å². The van der Waals surface area contributed by atoms with E-state index in [4.69, 9.17) is 5.73 Å². The van der Waals surface area contributed by atoms with Gasteiger partial charge in [-0.15, -0.1) is 0 Å². The number of likely N-dealkylation sites (tertiary alicyclic amines) is 1. The third-order valence-electron chi connectivity index (χ3n) is 4.84. The van der Waals surface area contributed by atoms with Crippen molar-refractivity contribution in [2.75, 3.05) is 26.7 Å². The van der Waals surface area contributed by atoms with Crippen LogP contribution in [0.4, 0.5) is 0 Å². The normalized spacial score (nSPS) is 22.4. The number of hydrogen-bond donors (Lipinski definition) is 2. The highest BCUT2D eigenvalue weighted by Crippen LogP contribution is 2.36. The molecule has 1 atom stereocenters. The lowest BCUT2D eigenvalue weighted by Crippen LogP contribution is -2.49. The Balaban J connectivity index is 2.89. The van der Waals surface area contributed by atoms with E-state index in [0.717, 1.165) is 32.1 Å². The largest absolute Gasteiger partial charge is 0.359 e. The fourth-order valence-electron chi connectivity index (χ4n) is 3.54. The molecular weight excluding hydrogens is 266 g/mol. The highest BCUT2D eigenvalue weighted by molar-refractivity contribution is 5.87. The van der Waals surface area contributed by atoms with Crippen molar-refractivity contribution < 1.29 is 9.59 Å². The Bertz CT molecular complexity index is 378. The Morgan fingerprint density at radius 2 is 1.86 bits per heavy atom. The molecule has 1 aliphatic heterocycles. The predicted octanol–water partition coefficient (Wildman–Crippen LogP) is 1.52. The van der Waals surface area contributed by atoms with Crippen LogP contribution in [0.5, 0.6) is 0 Å². The number of nitrogens with one attached hydrogen (secondary N) is 1. The van der Waals surface area contributed by atoms with Crippen molar-refractivity contribution in [1.82, 2.24) is 10.2 Å². The molecule has 3 N–H and O–H groups in total. The Morgan fingerprint density at radius 1 is 1.29 bits per heavy atom. The molecule has 0 radical (unpaired) electrons. The zero-order valence-corrected chi connectivity index (χ0v) is 14.0. The van der Waals surface area contributed by atoms with Gasteiger partial charge in [-0.2, -0.15) is 0 Å². The molecule has 1 fully saturated rings. The van der Waals surface area contributed by atoms with Gasteiger partial charge in [0.15, 0.2) is 0 Å². The molecule has 1 rings (SSSR count). The van der Waals surface area contributed by atoms with Gasteiger partial charge in [-0.1, -0.05) is 26.7 Å². The molecule has 1 unspecified atom stereocenters. The molecule has 0 aromatic heterocycles. The molecular formula is C16H31N3O2. The summed E-state index contributed by atoms with van der Waals surface area (Å²) >= 11 is 0. The van der Waals surface area contributed by atoms with Crippen LogP contribution in [-0.4, -0.2) is 43.4 Å². The van der Waals surface area contributed by atoms with Crippen LogP contribution in [0.15, 0.2) is 0 Å². The summed E-state index contributed by atoms with van der Waals surface area (Å²) in [6, 6.07) is 0. The SMILES string of the molecule is CCCC(CN)(CCC)C(=O)N1CCC(C)(C(=O)NC)C1. The average molecular weight is 297 g/mol. The lowest BCUT2D eigenvalue weighted by atomic mass is 9.78. The molecule has 1 aliphatic rings. The number of rotatable bonds is 7. The molecule has 21 heavy (non-hydrogen) atoms. The summed E-state index contributed by atoms with van der Waals surface area (Å²) in [5.74, 6) is 0.156. The maximum Gasteiger partial charge on any atom is 0.230 e. The fourth-order valence-corrected chi connectivity index (χ4v) is 3.54. The molecule has 0 aliphatic carbocycles. The van der Waals surface area contributed by atoms with E-state index >= 15 is 0 Å². The van der Waals surface area contributed by atoms with Gasteiger partial charge in [0.05, 0.1) is 10.8 Å². The topological polar surface area (TPSA) is 75.4 Å². The quantitative estimate of drug-likeness (QED) is 0.748. The zero-order valence-electron chi connectivity index (χ0n) is 14.0. The maximum absolute atomic E-state index is 13.0. The third kappa shape index (κ3) is 3.57. The van der Waals surface area contributed by atoms with Crippen LogP contribution < -0.4 is 11.1 Å². The number of amides is 2. The second-order valence-electron chi connectivity index (χ2n) is 6.60. The summed E-state index contributed by atoms with van der Waals surface area (Å²) in [5, 5.41) is 2.71. The van der Waals surface area contributed by atoms with E-state index in [-0.39, 0.29) is 11.8 Å². The molecule has 0 saturated carbocycles. The van der Waals surface area contributed by atoms with Gasteiger partial charge < -0.3 is 16.0 Å². The van der Waals surface area contributed by atoms with Crippen molar-refractivity contribution in [3.05, 3.63) is 0 Å². The molecule has 0 aromatic rings. The monoisotopic (exact) mass is 297 g/mol. The number of nitrogens with zero attached hydrogens (tertiary/aromatic N) is 1. The third-order valence-corrected chi connectivity index (χ3v) is 4.84. The van der Waals surface area contributed by atoms with E-state index in [0.29, 0.717) is 19.6 Å². The predicted molar refractivity (Wildman–Crippen MR) is 84.7 cm³/mol. The first-order valence-corrected chi connectivity index (χ1v) is 8.10. The van der Waals surface area contributed by atoms with E-state index in [9.17, 15) is 9.59 Å². The van der Waals surface area contributed by atoms with Gasteiger partial charge >= 0.3 is 0 Å². The summed E-state index contributed by atoms with van der Waals surface area (Å²) in [6.45, 7) is 7.65. The smallest absolute Gasteiger partial charge is 0.230 e. The molecule has 5 heteroatoms. The van der Waals surface area contributed by atoms with Gasteiger partial charge in [0.2, 0.25) is 11.8 Å². The maximum atomic E-state index is 13.0. The summed E-state index contributed by atoms with van der Waals surface area (Å²) in [7, 11) is 1.65. The number of carbonyl (C=O) groups excluding carboxylic acids is 2. The van der Waals surface area contributed by atoms with Gasteiger partial charge in [-0.25, -0.2) is 0 Å². The highest BCUT2D eigenvalue weighted by atomic mass is 16.2. The summed E-state index contributed by atoms with van der Waals surface area (Å²) in [6.07, 6.45) is 4.26. The molecule has 1 heterocycles. The minimum atomic E-state index is -0.469. The summed E-state index contributed by atoms with van der Waals surface area (Å²) in [4.78, 5) is 26.8. The first-order chi connectivity index (χ1) is 9.89. The van der Waals surface area contributed by atoms with Crippen molar-refractivity contribution in [3.8, 4) is 0 Å².